The highest BCUT2D eigenvalue weighted by molar-refractivity contribution is 5.75. The summed E-state index contributed by atoms with van der Waals surface area (Å²) in [6.07, 6.45) is 16.8. The summed E-state index contributed by atoms with van der Waals surface area (Å²) in [6, 6.07) is 6.67. The maximum atomic E-state index is 12.6. The van der Waals surface area contributed by atoms with E-state index < -0.39 is 0 Å². The molecule has 2 aliphatic rings. The molecule has 3 rings (SSSR count). The third kappa shape index (κ3) is 7.66. The number of unbranched alkanes of at least 4 members (excludes halogenated alkanes) is 3. The van der Waals surface area contributed by atoms with Crippen molar-refractivity contribution in [3.05, 3.63) is 24.3 Å². The van der Waals surface area contributed by atoms with Crippen LogP contribution < -0.4 is 9.47 Å². The van der Waals surface area contributed by atoms with Gasteiger partial charge in [-0.1, -0.05) is 51.9 Å². The molecule has 1 aromatic carbocycles. The number of rotatable bonds is 9. The average Bonchev–Trinajstić information content (AvgIpc) is 2.78. The molecule has 0 saturated heterocycles. The van der Waals surface area contributed by atoms with Crippen LogP contribution in [0.2, 0.25) is 0 Å². The summed E-state index contributed by atoms with van der Waals surface area (Å²) in [5, 5.41) is 0. The summed E-state index contributed by atoms with van der Waals surface area (Å²) in [5.74, 6) is 3.15. The van der Waals surface area contributed by atoms with Crippen LogP contribution >= 0.6 is 0 Å². The highest BCUT2D eigenvalue weighted by Gasteiger charge is 2.33. The fourth-order valence-corrected chi connectivity index (χ4v) is 5.58. The van der Waals surface area contributed by atoms with Gasteiger partial charge in [-0.25, -0.2) is 0 Å². The van der Waals surface area contributed by atoms with Gasteiger partial charge in [0.25, 0.3) is 0 Å². The van der Waals surface area contributed by atoms with Gasteiger partial charge in [-0.3, -0.25) is 9.59 Å². The van der Waals surface area contributed by atoms with Crippen LogP contribution in [0.15, 0.2) is 24.3 Å². The Morgan fingerprint density at radius 1 is 0.774 bits per heavy atom. The molecular formula is C27H40O4. The molecular weight excluding hydrogens is 388 g/mol. The minimum absolute atomic E-state index is 0.0132. The molecule has 2 fully saturated rings. The second kappa shape index (κ2) is 12.3. The Labute approximate surface area is 188 Å². The Hall–Kier alpha value is -1.84. The third-order valence-corrected chi connectivity index (χ3v) is 7.43. The molecule has 0 N–H and O–H groups in total. The van der Waals surface area contributed by atoms with Crippen LogP contribution in [0, 0.1) is 23.7 Å². The van der Waals surface area contributed by atoms with Gasteiger partial charge >= 0.3 is 11.9 Å². The maximum absolute atomic E-state index is 12.6. The zero-order valence-electron chi connectivity index (χ0n) is 19.4. The van der Waals surface area contributed by atoms with E-state index in [0.29, 0.717) is 11.5 Å². The van der Waals surface area contributed by atoms with Gasteiger partial charge in [-0.2, -0.15) is 0 Å². The monoisotopic (exact) mass is 428 g/mol. The first-order valence-corrected chi connectivity index (χ1v) is 12.5. The van der Waals surface area contributed by atoms with Crippen molar-refractivity contribution in [2.75, 3.05) is 0 Å². The number of hydrogen-bond donors (Lipinski definition) is 0. The van der Waals surface area contributed by atoms with E-state index in [1.807, 2.05) is 0 Å². The van der Waals surface area contributed by atoms with Crippen LogP contribution in [0.4, 0.5) is 0 Å². The fourth-order valence-electron chi connectivity index (χ4n) is 5.58. The van der Waals surface area contributed by atoms with Crippen molar-refractivity contribution in [1.29, 1.82) is 0 Å². The van der Waals surface area contributed by atoms with Gasteiger partial charge in [0.05, 0.1) is 5.92 Å². The molecule has 31 heavy (non-hydrogen) atoms. The summed E-state index contributed by atoms with van der Waals surface area (Å²) in [5.41, 5.74) is 0. The Bertz CT molecular complexity index is 680. The van der Waals surface area contributed by atoms with E-state index in [1.165, 1.54) is 64.7 Å². The highest BCUT2D eigenvalue weighted by Crippen LogP contribution is 2.42. The Morgan fingerprint density at radius 2 is 1.32 bits per heavy atom. The van der Waals surface area contributed by atoms with E-state index in [4.69, 9.17) is 9.47 Å². The topological polar surface area (TPSA) is 52.6 Å². The number of hydrogen-bond acceptors (Lipinski definition) is 4. The van der Waals surface area contributed by atoms with Crippen molar-refractivity contribution in [3.63, 3.8) is 0 Å². The fraction of sp³-hybridized carbons (Fsp3) is 0.704. The maximum Gasteiger partial charge on any atom is 0.314 e. The second-order valence-electron chi connectivity index (χ2n) is 9.73. The number of carbonyl (C=O) groups excluding carboxylic acids is 2. The molecule has 0 amide bonds. The Morgan fingerprint density at radius 3 is 1.87 bits per heavy atom. The molecule has 0 aromatic heterocycles. The molecule has 0 spiro atoms. The lowest BCUT2D eigenvalue weighted by Gasteiger charge is -2.37. The van der Waals surface area contributed by atoms with Gasteiger partial charge in [0.15, 0.2) is 0 Å². The summed E-state index contributed by atoms with van der Waals surface area (Å²) in [7, 11) is 0. The van der Waals surface area contributed by atoms with E-state index in [9.17, 15) is 9.59 Å². The van der Waals surface area contributed by atoms with Gasteiger partial charge in [0.2, 0.25) is 0 Å². The molecule has 172 valence electrons. The molecule has 0 heterocycles. The SMILES string of the molecule is CCCCCCC1CCC(C2CCC(C(=O)Oc3ccc(OC(C)=O)cc3)CC2)CC1. The molecule has 0 radical (unpaired) electrons. The lowest BCUT2D eigenvalue weighted by atomic mass is 9.68. The molecule has 0 aliphatic heterocycles. The quantitative estimate of drug-likeness (QED) is 0.239. The van der Waals surface area contributed by atoms with Crippen LogP contribution in [0.1, 0.15) is 97.3 Å². The van der Waals surface area contributed by atoms with Crippen LogP contribution in [0.25, 0.3) is 0 Å². The standard InChI is InChI=1S/C27H40O4/c1-3-4-5-6-7-21-8-10-22(11-9-21)23-12-14-24(15-13-23)27(29)31-26-18-16-25(17-19-26)30-20(2)28/h16-19,21-24H,3-15H2,1-2H3. The first-order valence-electron chi connectivity index (χ1n) is 12.5. The molecule has 0 bridgehead atoms. The van der Waals surface area contributed by atoms with Crippen LogP contribution in [0.3, 0.4) is 0 Å². The number of esters is 2. The Balaban J connectivity index is 1.36. The summed E-state index contributed by atoms with van der Waals surface area (Å²) in [6.45, 7) is 3.65. The molecule has 2 saturated carbocycles. The van der Waals surface area contributed by atoms with E-state index in [2.05, 4.69) is 6.92 Å². The van der Waals surface area contributed by atoms with E-state index in [-0.39, 0.29) is 17.9 Å². The molecule has 0 unspecified atom stereocenters. The number of benzene rings is 1. The van der Waals surface area contributed by atoms with Gasteiger partial charge in [0, 0.05) is 6.92 Å². The largest absolute Gasteiger partial charge is 0.427 e. The van der Waals surface area contributed by atoms with Gasteiger partial charge < -0.3 is 9.47 Å². The minimum Gasteiger partial charge on any atom is -0.427 e. The minimum atomic E-state index is -0.359. The average molecular weight is 429 g/mol. The van der Waals surface area contributed by atoms with Crippen molar-refractivity contribution >= 4 is 11.9 Å². The zero-order chi connectivity index (χ0) is 22.1. The predicted octanol–water partition coefficient (Wildman–Crippen LogP) is 7.10. The summed E-state index contributed by atoms with van der Waals surface area (Å²) >= 11 is 0. The van der Waals surface area contributed by atoms with Crippen LogP contribution in [0.5, 0.6) is 11.5 Å². The highest BCUT2D eigenvalue weighted by atomic mass is 16.5. The van der Waals surface area contributed by atoms with Crippen molar-refractivity contribution in [2.45, 2.75) is 97.3 Å². The molecule has 1 aromatic rings. The van der Waals surface area contributed by atoms with E-state index in [1.54, 1.807) is 24.3 Å². The van der Waals surface area contributed by atoms with Crippen molar-refractivity contribution in [2.24, 2.45) is 23.7 Å². The normalized spacial score (nSPS) is 26.3. The van der Waals surface area contributed by atoms with Gasteiger partial charge in [0.1, 0.15) is 11.5 Å². The van der Waals surface area contributed by atoms with E-state index >= 15 is 0 Å². The predicted molar refractivity (Wildman–Crippen MR) is 123 cm³/mol. The summed E-state index contributed by atoms with van der Waals surface area (Å²) in [4.78, 5) is 23.6. The number of carbonyl (C=O) groups is 2. The van der Waals surface area contributed by atoms with Gasteiger partial charge in [-0.15, -0.1) is 0 Å². The van der Waals surface area contributed by atoms with Crippen molar-refractivity contribution < 1.29 is 19.1 Å². The van der Waals surface area contributed by atoms with E-state index in [0.717, 1.165) is 43.4 Å². The van der Waals surface area contributed by atoms with Gasteiger partial charge in [-0.05, 0) is 80.5 Å². The zero-order valence-corrected chi connectivity index (χ0v) is 19.4. The molecule has 2 aliphatic carbocycles. The lowest BCUT2D eigenvalue weighted by molar-refractivity contribution is -0.140. The van der Waals surface area contributed by atoms with Crippen molar-refractivity contribution in [1.82, 2.24) is 0 Å². The lowest BCUT2D eigenvalue weighted by Crippen LogP contribution is -2.30. The second-order valence-corrected chi connectivity index (χ2v) is 9.73. The third-order valence-electron chi connectivity index (χ3n) is 7.43. The van der Waals surface area contributed by atoms with Crippen molar-refractivity contribution in [3.8, 4) is 11.5 Å². The summed E-state index contributed by atoms with van der Waals surface area (Å²) < 4.78 is 10.6. The Kier molecular flexibility index (Phi) is 9.42. The molecule has 4 heteroatoms. The number of ether oxygens (including phenoxy) is 2. The molecule has 4 nitrogen and oxygen atoms in total. The van der Waals surface area contributed by atoms with Crippen LogP contribution in [-0.2, 0) is 9.59 Å². The first-order chi connectivity index (χ1) is 15.0. The molecule has 0 atom stereocenters. The smallest absolute Gasteiger partial charge is 0.314 e. The van der Waals surface area contributed by atoms with Crippen LogP contribution in [-0.4, -0.2) is 11.9 Å². The first kappa shape index (κ1) is 23.8.